The van der Waals surface area contributed by atoms with E-state index < -0.39 is 0 Å². The number of amides is 1. The lowest BCUT2D eigenvalue weighted by Crippen LogP contribution is -2.33. The van der Waals surface area contributed by atoms with Crippen LogP contribution in [0.4, 0.5) is 5.69 Å². The van der Waals surface area contributed by atoms with Crippen molar-refractivity contribution >= 4 is 22.5 Å². The number of H-pyrrole nitrogens is 1. The number of hydrogen-bond acceptors (Lipinski definition) is 3. The Morgan fingerprint density at radius 2 is 2.30 bits per heavy atom. The van der Waals surface area contributed by atoms with Crippen LogP contribution in [0.1, 0.15) is 23.2 Å². The number of nitrogens with one attached hydrogen (secondary N) is 2. The second-order valence-corrected chi connectivity index (χ2v) is 5.48. The maximum atomic E-state index is 12.2. The Hall–Kier alpha value is -2.01. The van der Waals surface area contributed by atoms with E-state index in [0.29, 0.717) is 17.8 Å². The van der Waals surface area contributed by atoms with Crippen molar-refractivity contribution < 1.29 is 4.79 Å². The molecule has 1 amide bonds. The van der Waals surface area contributed by atoms with Crippen LogP contribution in [0.15, 0.2) is 24.4 Å². The van der Waals surface area contributed by atoms with Crippen molar-refractivity contribution in [1.82, 2.24) is 15.2 Å². The molecule has 4 N–H and O–H groups in total. The lowest BCUT2D eigenvalue weighted by molar-refractivity contribution is 0.0951. The molecule has 0 unspecified atom stereocenters. The zero-order chi connectivity index (χ0) is 14.1. The molecular weight excluding hydrogens is 252 g/mol. The van der Waals surface area contributed by atoms with Crippen molar-refractivity contribution in [2.75, 3.05) is 25.9 Å². The Morgan fingerprint density at radius 3 is 3.05 bits per heavy atom. The molecule has 5 heteroatoms. The molecule has 0 aliphatic heterocycles. The second kappa shape index (κ2) is 5.17. The molecule has 2 aromatic rings. The first-order valence-electron chi connectivity index (χ1n) is 7.00. The molecule has 0 spiro atoms. The summed E-state index contributed by atoms with van der Waals surface area (Å²) in [6, 6.07) is 6.27. The summed E-state index contributed by atoms with van der Waals surface area (Å²) in [5.41, 5.74) is 8.03. The number of aromatic nitrogens is 1. The molecule has 0 saturated heterocycles. The smallest absolute Gasteiger partial charge is 0.253 e. The van der Waals surface area contributed by atoms with Crippen molar-refractivity contribution in [2.45, 2.75) is 18.9 Å². The molecule has 0 bridgehead atoms. The molecule has 5 nitrogen and oxygen atoms in total. The van der Waals surface area contributed by atoms with Gasteiger partial charge >= 0.3 is 0 Å². The van der Waals surface area contributed by atoms with Gasteiger partial charge < -0.3 is 20.9 Å². The summed E-state index contributed by atoms with van der Waals surface area (Å²) in [6.45, 7) is 1.56. The highest BCUT2D eigenvalue weighted by Crippen LogP contribution is 2.24. The van der Waals surface area contributed by atoms with Crippen LogP contribution in [0, 0.1) is 0 Å². The summed E-state index contributed by atoms with van der Waals surface area (Å²) in [4.78, 5) is 17.6. The Labute approximate surface area is 118 Å². The zero-order valence-corrected chi connectivity index (χ0v) is 11.6. The fourth-order valence-corrected chi connectivity index (χ4v) is 2.46. The van der Waals surface area contributed by atoms with E-state index in [1.165, 1.54) is 12.8 Å². The maximum absolute atomic E-state index is 12.2. The van der Waals surface area contributed by atoms with Gasteiger partial charge in [-0.3, -0.25) is 4.79 Å². The van der Waals surface area contributed by atoms with Crippen molar-refractivity contribution in [2.24, 2.45) is 0 Å². The third-order valence-corrected chi connectivity index (χ3v) is 3.87. The van der Waals surface area contributed by atoms with E-state index in [2.05, 4.69) is 22.2 Å². The van der Waals surface area contributed by atoms with Gasteiger partial charge in [-0.2, -0.15) is 0 Å². The van der Waals surface area contributed by atoms with Gasteiger partial charge in [0.2, 0.25) is 0 Å². The first-order valence-corrected chi connectivity index (χ1v) is 7.00. The average Bonchev–Trinajstić information content (AvgIpc) is 3.19. The van der Waals surface area contributed by atoms with Gasteiger partial charge in [-0.1, -0.05) is 0 Å². The fourth-order valence-electron chi connectivity index (χ4n) is 2.46. The summed E-state index contributed by atoms with van der Waals surface area (Å²) in [6.07, 6.45) is 4.31. The molecule has 1 saturated carbocycles. The molecule has 0 atom stereocenters. The van der Waals surface area contributed by atoms with Crippen molar-refractivity contribution in [3.63, 3.8) is 0 Å². The summed E-state index contributed by atoms with van der Waals surface area (Å²) in [5.74, 6) is -0.0500. The molecule has 1 fully saturated rings. The van der Waals surface area contributed by atoms with E-state index in [1.807, 2.05) is 18.2 Å². The molecule has 20 heavy (non-hydrogen) atoms. The van der Waals surface area contributed by atoms with Crippen LogP contribution < -0.4 is 11.1 Å². The number of hydrogen-bond donors (Lipinski definition) is 3. The molecule has 106 valence electrons. The summed E-state index contributed by atoms with van der Waals surface area (Å²) < 4.78 is 0. The maximum Gasteiger partial charge on any atom is 0.253 e. The number of likely N-dealkylation sites (N-methyl/N-ethyl adjacent to an activating group) is 1. The van der Waals surface area contributed by atoms with Crippen LogP contribution in [-0.4, -0.2) is 42.0 Å². The minimum atomic E-state index is -0.0500. The zero-order valence-electron chi connectivity index (χ0n) is 11.6. The summed E-state index contributed by atoms with van der Waals surface area (Å²) in [5, 5.41) is 3.84. The quantitative estimate of drug-likeness (QED) is 0.723. The Morgan fingerprint density at radius 1 is 1.50 bits per heavy atom. The number of benzene rings is 1. The fraction of sp³-hybridized carbons (Fsp3) is 0.400. The van der Waals surface area contributed by atoms with Gasteiger partial charge in [0.05, 0.1) is 5.56 Å². The van der Waals surface area contributed by atoms with Crippen LogP contribution in [0.3, 0.4) is 0 Å². The van der Waals surface area contributed by atoms with Crippen molar-refractivity contribution in [3.8, 4) is 0 Å². The van der Waals surface area contributed by atoms with Crippen molar-refractivity contribution in [1.29, 1.82) is 0 Å². The third kappa shape index (κ3) is 2.63. The molecule has 1 aromatic heterocycles. The van der Waals surface area contributed by atoms with Gasteiger partial charge in [0, 0.05) is 41.9 Å². The average molecular weight is 272 g/mol. The van der Waals surface area contributed by atoms with Gasteiger partial charge in [-0.15, -0.1) is 0 Å². The molecule has 0 radical (unpaired) electrons. The van der Waals surface area contributed by atoms with Crippen LogP contribution in [0.25, 0.3) is 10.9 Å². The number of rotatable bonds is 5. The SMILES string of the molecule is CN(CCNC(=O)c1c[nH]c2ccc(N)cc12)C1CC1. The number of carbonyl (C=O) groups is 1. The number of nitrogens with two attached hydrogens (primary N) is 1. The van der Waals surface area contributed by atoms with Crippen LogP contribution >= 0.6 is 0 Å². The number of anilines is 1. The van der Waals surface area contributed by atoms with Gasteiger partial charge in [-0.05, 0) is 38.1 Å². The van der Waals surface area contributed by atoms with E-state index >= 15 is 0 Å². The molecule has 1 aromatic carbocycles. The third-order valence-electron chi connectivity index (χ3n) is 3.87. The topological polar surface area (TPSA) is 74.2 Å². The monoisotopic (exact) mass is 272 g/mol. The minimum absolute atomic E-state index is 0.0500. The summed E-state index contributed by atoms with van der Waals surface area (Å²) in [7, 11) is 2.11. The minimum Gasteiger partial charge on any atom is -0.399 e. The molecule has 1 aliphatic rings. The summed E-state index contributed by atoms with van der Waals surface area (Å²) >= 11 is 0. The van der Waals surface area contributed by atoms with Gasteiger partial charge in [-0.25, -0.2) is 0 Å². The standard InChI is InChI=1S/C15H20N4O/c1-19(11-3-4-11)7-6-17-15(20)13-9-18-14-5-2-10(16)8-12(13)14/h2,5,8-9,11,18H,3-4,6-7,16H2,1H3,(H,17,20). The number of fused-ring (bicyclic) bond motifs is 1. The number of nitrogens with zero attached hydrogens (tertiary/aromatic N) is 1. The Kier molecular flexibility index (Phi) is 3.36. The normalized spacial score (nSPS) is 14.9. The predicted molar refractivity (Wildman–Crippen MR) is 80.7 cm³/mol. The van der Waals surface area contributed by atoms with Gasteiger partial charge in [0.25, 0.3) is 5.91 Å². The number of carbonyl (C=O) groups excluding carboxylic acids is 1. The highest BCUT2D eigenvalue weighted by molar-refractivity contribution is 6.07. The van der Waals surface area contributed by atoms with Gasteiger partial charge in [0.1, 0.15) is 0 Å². The Bertz CT molecular complexity index is 630. The van der Waals surface area contributed by atoms with Crippen LogP contribution in [0.5, 0.6) is 0 Å². The highest BCUT2D eigenvalue weighted by Gasteiger charge is 2.25. The van der Waals surface area contributed by atoms with E-state index in [-0.39, 0.29) is 5.91 Å². The van der Waals surface area contributed by atoms with E-state index in [4.69, 9.17) is 5.73 Å². The lowest BCUT2D eigenvalue weighted by atomic mass is 10.1. The second-order valence-electron chi connectivity index (χ2n) is 5.48. The molecule has 3 rings (SSSR count). The van der Waals surface area contributed by atoms with E-state index in [9.17, 15) is 4.79 Å². The largest absolute Gasteiger partial charge is 0.399 e. The first-order chi connectivity index (χ1) is 9.65. The molecular formula is C15H20N4O. The molecule has 1 aliphatic carbocycles. The lowest BCUT2D eigenvalue weighted by Gasteiger charge is -2.15. The van der Waals surface area contributed by atoms with E-state index in [1.54, 1.807) is 6.20 Å². The van der Waals surface area contributed by atoms with E-state index in [0.717, 1.165) is 23.5 Å². The predicted octanol–water partition coefficient (Wildman–Crippen LogP) is 1.57. The number of aromatic amines is 1. The van der Waals surface area contributed by atoms with Gasteiger partial charge in [0.15, 0.2) is 0 Å². The highest BCUT2D eigenvalue weighted by atomic mass is 16.1. The van der Waals surface area contributed by atoms with Crippen LogP contribution in [0.2, 0.25) is 0 Å². The Balaban J connectivity index is 1.64. The number of nitrogen functional groups attached to an aromatic ring is 1. The first kappa shape index (κ1) is 13.0. The van der Waals surface area contributed by atoms with Crippen LogP contribution in [-0.2, 0) is 0 Å². The van der Waals surface area contributed by atoms with Crippen molar-refractivity contribution in [3.05, 3.63) is 30.0 Å². The molecule has 1 heterocycles.